The SMILES string of the molecule is CCCN(C(C)C)C(C)(CC(C)C)C(=O)O. The first-order chi connectivity index (χ1) is 7.25. The van der Waals surface area contributed by atoms with E-state index >= 15 is 0 Å². The molecule has 0 rings (SSSR count). The Hall–Kier alpha value is -0.570. The van der Waals surface area contributed by atoms with Gasteiger partial charge < -0.3 is 5.11 Å². The van der Waals surface area contributed by atoms with E-state index in [1.54, 1.807) is 0 Å². The molecular formula is C13H27NO2. The normalized spacial score (nSPS) is 15.8. The first-order valence-electron chi connectivity index (χ1n) is 6.25. The lowest BCUT2D eigenvalue weighted by molar-refractivity contribution is -0.153. The van der Waals surface area contributed by atoms with Gasteiger partial charge in [-0.15, -0.1) is 0 Å². The number of hydrogen-bond acceptors (Lipinski definition) is 2. The molecule has 0 aromatic carbocycles. The van der Waals surface area contributed by atoms with Crippen LogP contribution in [0.5, 0.6) is 0 Å². The average Bonchev–Trinajstić information content (AvgIpc) is 2.11. The number of carboxylic acid groups (broad SMARTS) is 1. The minimum absolute atomic E-state index is 0.264. The highest BCUT2D eigenvalue weighted by atomic mass is 16.4. The molecule has 16 heavy (non-hydrogen) atoms. The Bertz CT molecular complexity index is 226. The van der Waals surface area contributed by atoms with Crippen LogP contribution in [-0.2, 0) is 4.79 Å². The fourth-order valence-corrected chi connectivity index (χ4v) is 2.44. The van der Waals surface area contributed by atoms with Crippen LogP contribution in [0.4, 0.5) is 0 Å². The second-order valence-corrected chi connectivity index (χ2v) is 5.46. The molecule has 3 heteroatoms. The lowest BCUT2D eigenvalue weighted by Crippen LogP contribution is -2.56. The number of hydrogen-bond donors (Lipinski definition) is 1. The number of carbonyl (C=O) groups is 1. The topological polar surface area (TPSA) is 40.5 Å². The van der Waals surface area contributed by atoms with E-state index in [0.717, 1.165) is 13.0 Å². The molecule has 3 nitrogen and oxygen atoms in total. The molecule has 0 aliphatic rings. The summed E-state index contributed by atoms with van der Waals surface area (Å²) < 4.78 is 0. The third kappa shape index (κ3) is 3.78. The average molecular weight is 229 g/mol. The van der Waals surface area contributed by atoms with Gasteiger partial charge in [0.05, 0.1) is 0 Å². The van der Waals surface area contributed by atoms with Crippen LogP contribution < -0.4 is 0 Å². The van der Waals surface area contributed by atoms with Crippen molar-refractivity contribution < 1.29 is 9.90 Å². The highest BCUT2D eigenvalue weighted by Crippen LogP contribution is 2.26. The highest BCUT2D eigenvalue weighted by molar-refractivity contribution is 5.78. The molecule has 0 radical (unpaired) electrons. The molecule has 1 atom stereocenters. The smallest absolute Gasteiger partial charge is 0.323 e. The summed E-state index contributed by atoms with van der Waals surface area (Å²) in [5.74, 6) is -0.317. The van der Waals surface area contributed by atoms with Crippen LogP contribution >= 0.6 is 0 Å². The van der Waals surface area contributed by atoms with Gasteiger partial charge in [0.15, 0.2) is 0 Å². The Morgan fingerprint density at radius 1 is 1.31 bits per heavy atom. The van der Waals surface area contributed by atoms with Gasteiger partial charge in [-0.2, -0.15) is 0 Å². The second kappa shape index (κ2) is 6.24. The summed E-state index contributed by atoms with van der Waals surface area (Å²) in [7, 11) is 0. The van der Waals surface area contributed by atoms with E-state index < -0.39 is 11.5 Å². The van der Waals surface area contributed by atoms with Crippen molar-refractivity contribution in [1.82, 2.24) is 4.90 Å². The fraction of sp³-hybridized carbons (Fsp3) is 0.923. The van der Waals surface area contributed by atoms with Crippen molar-refractivity contribution in [2.45, 2.75) is 66.0 Å². The van der Waals surface area contributed by atoms with Gasteiger partial charge in [-0.05, 0) is 46.1 Å². The van der Waals surface area contributed by atoms with Gasteiger partial charge in [-0.1, -0.05) is 20.8 Å². The maximum absolute atomic E-state index is 11.5. The molecule has 0 aromatic heterocycles. The third-order valence-corrected chi connectivity index (χ3v) is 2.99. The lowest BCUT2D eigenvalue weighted by atomic mass is 9.87. The lowest BCUT2D eigenvalue weighted by Gasteiger charge is -2.41. The molecular weight excluding hydrogens is 202 g/mol. The van der Waals surface area contributed by atoms with Gasteiger partial charge in [0.2, 0.25) is 0 Å². The molecule has 1 unspecified atom stereocenters. The monoisotopic (exact) mass is 229 g/mol. The second-order valence-electron chi connectivity index (χ2n) is 5.46. The van der Waals surface area contributed by atoms with Crippen LogP contribution in [0, 0.1) is 5.92 Å². The van der Waals surface area contributed by atoms with E-state index in [4.69, 9.17) is 0 Å². The van der Waals surface area contributed by atoms with Crippen molar-refractivity contribution in [3.8, 4) is 0 Å². The van der Waals surface area contributed by atoms with Crippen LogP contribution in [0.15, 0.2) is 0 Å². The Morgan fingerprint density at radius 2 is 1.81 bits per heavy atom. The van der Waals surface area contributed by atoms with Crippen LogP contribution in [0.1, 0.15) is 54.4 Å². The predicted molar refractivity (Wildman–Crippen MR) is 67.6 cm³/mol. The maximum atomic E-state index is 11.5. The Balaban J connectivity index is 5.03. The quantitative estimate of drug-likeness (QED) is 0.729. The van der Waals surface area contributed by atoms with Crippen LogP contribution in [0.25, 0.3) is 0 Å². The summed E-state index contributed by atoms with van der Waals surface area (Å²) in [5, 5.41) is 9.49. The Morgan fingerprint density at radius 3 is 2.06 bits per heavy atom. The summed E-state index contributed by atoms with van der Waals surface area (Å²) in [5.41, 5.74) is -0.738. The third-order valence-electron chi connectivity index (χ3n) is 2.99. The zero-order valence-electron chi connectivity index (χ0n) is 11.6. The van der Waals surface area contributed by atoms with E-state index in [1.165, 1.54) is 0 Å². The van der Waals surface area contributed by atoms with Gasteiger partial charge in [0.25, 0.3) is 0 Å². The van der Waals surface area contributed by atoms with Crippen LogP contribution in [-0.4, -0.2) is 34.1 Å². The zero-order chi connectivity index (χ0) is 12.9. The molecule has 0 saturated carbocycles. The summed E-state index contributed by atoms with van der Waals surface area (Å²) in [6, 6.07) is 0.264. The first kappa shape index (κ1) is 15.4. The largest absolute Gasteiger partial charge is 0.480 e. The summed E-state index contributed by atoms with van der Waals surface area (Å²) >= 11 is 0. The van der Waals surface area contributed by atoms with E-state index in [2.05, 4.69) is 39.5 Å². The van der Waals surface area contributed by atoms with Crippen molar-refractivity contribution in [2.24, 2.45) is 5.92 Å². The van der Waals surface area contributed by atoms with Crippen molar-refractivity contribution in [3.63, 3.8) is 0 Å². The van der Waals surface area contributed by atoms with E-state index in [0.29, 0.717) is 12.3 Å². The van der Waals surface area contributed by atoms with Crippen molar-refractivity contribution in [2.75, 3.05) is 6.54 Å². The maximum Gasteiger partial charge on any atom is 0.323 e. The van der Waals surface area contributed by atoms with Gasteiger partial charge in [-0.25, -0.2) is 0 Å². The van der Waals surface area contributed by atoms with Crippen molar-refractivity contribution in [3.05, 3.63) is 0 Å². The standard InChI is InChI=1S/C13H27NO2/c1-7-8-14(11(4)5)13(6,12(15)16)9-10(2)3/h10-11H,7-9H2,1-6H3,(H,15,16). The number of carboxylic acids is 1. The first-order valence-corrected chi connectivity index (χ1v) is 6.25. The molecule has 0 saturated heterocycles. The summed E-state index contributed by atoms with van der Waals surface area (Å²) in [6.07, 6.45) is 1.68. The zero-order valence-corrected chi connectivity index (χ0v) is 11.6. The van der Waals surface area contributed by atoms with Crippen molar-refractivity contribution >= 4 is 5.97 Å². The van der Waals surface area contributed by atoms with Crippen LogP contribution in [0.3, 0.4) is 0 Å². The molecule has 0 amide bonds. The van der Waals surface area contributed by atoms with Gasteiger partial charge >= 0.3 is 5.97 Å². The van der Waals surface area contributed by atoms with Gasteiger partial charge in [0, 0.05) is 6.04 Å². The van der Waals surface area contributed by atoms with E-state index in [-0.39, 0.29) is 6.04 Å². The molecule has 0 spiro atoms. The van der Waals surface area contributed by atoms with Gasteiger partial charge in [0.1, 0.15) is 5.54 Å². The molecule has 0 heterocycles. The molecule has 0 aliphatic heterocycles. The molecule has 0 fully saturated rings. The number of rotatable bonds is 7. The predicted octanol–water partition coefficient (Wildman–Crippen LogP) is 3.00. The fourth-order valence-electron chi connectivity index (χ4n) is 2.44. The molecule has 1 N–H and O–H groups in total. The molecule has 0 aliphatic carbocycles. The molecule has 96 valence electrons. The minimum atomic E-state index is -0.738. The van der Waals surface area contributed by atoms with Crippen molar-refractivity contribution in [1.29, 1.82) is 0 Å². The van der Waals surface area contributed by atoms with Crippen LogP contribution in [0.2, 0.25) is 0 Å². The van der Waals surface area contributed by atoms with E-state index in [9.17, 15) is 9.90 Å². The summed E-state index contributed by atoms with van der Waals surface area (Å²) in [4.78, 5) is 13.6. The summed E-state index contributed by atoms with van der Waals surface area (Å²) in [6.45, 7) is 13.1. The highest BCUT2D eigenvalue weighted by Gasteiger charge is 2.40. The number of aliphatic carboxylic acids is 1. The molecule has 0 bridgehead atoms. The number of nitrogens with zero attached hydrogens (tertiary/aromatic N) is 1. The Labute approximate surface area is 99.8 Å². The Kier molecular flexibility index (Phi) is 6.01. The minimum Gasteiger partial charge on any atom is -0.480 e. The molecule has 0 aromatic rings. The van der Waals surface area contributed by atoms with E-state index in [1.807, 2.05) is 6.92 Å². The van der Waals surface area contributed by atoms with Gasteiger partial charge in [-0.3, -0.25) is 9.69 Å².